The van der Waals surface area contributed by atoms with Gasteiger partial charge in [0.25, 0.3) is 5.91 Å². The van der Waals surface area contributed by atoms with Crippen molar-refractivity contribution >= 4 is 27.5 Å². The highest BCUT2D eigenvalue weighted by molar-refractivity contribution is 7.17. The van der Waals surface area contributed by atoms with E-state index in [1.54, 1.807) is 11.3 Å². The van der Waals surface area contributed by atoms with E-state index < -0.39 is 0 Å². The number of amides is 1. The first kappa shape index (κ1) is 19.1. The monoisotopic (exact) mass is 415 g/mol. The minimum absolute atomic E-state index is 0.147. The summed E-state index contributed by atoms with van der Waals surface area (Å²) in [7, 11) is 0. The van der Waals surface area contributed by atoms with Crippen molar-refractivity contribution in [3.63, 3.8) is 0 Å². The van der Waals surface area contributed by atoms with E-state index in [1.807, 2.05) is 11.0 Å². The summed E-state index contributed by atoms with van der Waals surface area (Å²) >= 11 is 1.70. The largest absolute Gasteiger partial charge is 0.335 e. The van der Waals surface area contributed by atoms with E-state index in [2.05, 4.69) is 81.6 Å². The molecule has 0 spiro atoms. The SMILES string of the molecule is O=C(c1cc2sccc2n1Cc1ccccc1)N1CCN(Cc2ccccc2)CC1. The maximum atomic E-state index is 13.4. The molecule has 1 saturated heterocycles. The van der Waals surface area contributed by atoms with Crippen LogP contribution in [0.2, 0.25) is 0 Å². The number of fused-ring (bicyclic) bond motifs is 1. The van der Waals surface area contributed by atoms with Crippen LogP contribution in [0.4, 0.5) is 0 Å². The Kier molecular flexibility index (Phi) is 5.39. The number of thiophene rings is 1. The van der Waals surface area contributed by atoms with Crippen LogP contribution in [0.15, 0.2) is 78.2 Å². The lowest BCUT2D eigenvalue weighted by molar-refractivity contribution is 0.0619. The highest BCUT2D eigenvalue weighted by Gasteiger charge is 2.25. The molecule has 4 aromatic rings. The number of benzene rings is 2. The van der Waals surface area contributed by atoms with Crippen LogP contribution in [0.25, 0.3) is 10.2 Å². The van der Waals surface area contributed by atoms with Crippen LogP contribution in [0.3, 0.4) is 0 Å². The number of nitrogens with zero attached hydrogens (tertiary/aromatic N) is 3. The Bertz CT molecular complexity index is 1130. The molecular formula is C25H25N3OS. The Morgan fingerprint density at radius 1 is 0.800 bits per heavy atom. The van der Waals surface area contributed by atoms with Gasteiger partial charge in [0.05, 0.1) is 10.2 Å². The van der Waals surface area contributed by atoms with Gasteiger partial charge in [0, 0.05) is 39.3 Å². The van der Waals surface area contributed by atoms with Crippen molar-refractivity contribution in [2.45, 2.75) is 13.1 Å². The fraction of sp³-hybridized carbons (Fsp3) is 0.240. The number of carbonyl (C=O) groups excluding carboxylic acids is 1. The topological polar surface area (TPSA) is 28.5 Å². The summed E-state index contributed by atoms with van der Waals surface area (Å²) in [6, 6.07) is 25.1. The summed E-state index contributed by atoms with van der Waals surface area (Å²) in [5.41, 5.74) is 4.49. The highest BCUT2D eigenvalue weighted by atomic mass is 32.1. The average molecular weight is 416 g/mol. The van der Waals surface area contributed by atoms with Gasteiger partial charge in [0.15, 0.2) is 0 Å². The van der Waals surface area contributed by atoms with Crippen molar-refractivity contribution in [1.82, 2.24) is 14.4 Å². The van der Waals surface area contributed by atoms with Crippen molar-refractivity contribution in [1.29, 1.82) is 0 Å². The zero-order chi connectivity index (χ0) is 20.3. The molecular weight excluding hydrogens is 390 g/mol. The molecule has 0 unspecified atom stereocenters. The molecule has 2 aromatic heterocycles. The summed E-state index contributed by atoms with van der Waals surface area (Å²) < 4.78 is 3.36. The Morgan fingerprint density at radius 3 is 2.10 bits per heavy atom. The van der Waals surface area contributed by atoms with Gasteiger partial charge in [-0.05, 0) is 28.6 Å². The third kappa shape index (κ3) is 3.91. The molecule has 5 heteroatoms. The molecule has 152 valence electrons. The summed E-state index contributed by atoms with van der Waals surface area (Å²) in [5.74, 6) is 0.147. The minimum Gasteiger partial charge on any atom is -0.335 e. The smallest absolute Gasteiger partial charge is 0.270 e. The van der Waals surface area contributed by atoms with Crippen LogP contribution >= 0.6 is 11.3 Å². The van der Waals surface area contributed by atoms with E-state index in [0.717, 1.165) is 50.5 Å². The lowest BCUT2D eigenvalue weighted by Crippen LogP contribution is -2.48. The van der Waals surface area contributed by atoms with E-state index in [0.29, 0.717) is 0 Å². The lowest BCUT2D eigenvalue weighted by atomic mass is 10.2. The molecule has 30 heavy (non-hydrogen) atoms. The number of aromatic nitrogens is 1. The normalized spacial score (nSPS) is 15.0. The molecule has 0 saturated carbocycles. The van der Waals surface area contributed by atoms with E-state index >= 15 is 0 Å². The van der Waals surface area contributed by atoms with Crippen LogP contribution in [0.5, 0.6) is 0 Å². The summed E-state index contributed by atoms with van der Waals surface area (Å²) in [4.78, 5) is 17.9. The van der Waals surface area contributed by atoms with Gasteiger partial charge in [-0.15, -0.1) is 11.3 Å². The van der Waals surface area contributed by atoms with Crippen molar-refractivity contribution < 1.29 is 4.79 Å². The summed E-state index contributed by atoms with van der Waals surface area (Å²) in [6.45, 7) is 5.04. The first-order chi connectivity index (χ1) is 14.8. The van der Waals surface area contributed by atoms with Crippen molar-refractivity contribution in [2.75, 3.05) is 26.2 Å². The molecule has 0 atom stereocenters. The van der Waals surface area contributed by atoms with Crippen molar-refractivity contribution in [2.24, 2.45) is 0 Å². The van der Waals surface area contributed by atoms with Gasteiger partial charge in [0.2, 0.25) is 0 Å². The van der Waals surface area contributed by atoms with Gasteiger partial charge in [-0.2, -0.15) is 0 Å². The number of piperazine rings is 1. The molecule has 1 fully saturated rings. The molecule has 0 radical (unpaired) electrons. The average Bonchev–Trinajstić information content (AvgIpc) is 3.38. The molecule has 1 aliphatic heterocycles. The summed E-state index contributed by atoms with van der Waals surface area (Å²) in [6.07, 6.45) is 0. The van der Waals surface area contributed by atoms with Crippen LogP contribution in [-0.2, 0) is 13.1 Å². The first-order valence-electron chi connectivity index (χ1n) is 10.4. The quantitative estimate of drug-likeness (QED) is 0.472. The predicted octanol–water partition coefficient (Wildman–Crippen LogP) is 4.71. The van der Waals surface area contributed by atoms with E-state index in [9.17, 15) is 4.79 Å². The first-order valence-corrected chi connectivity index (χ1v) is 11.3. The molecule has 1 aliphatic rings. The molecule has 2 aromatic carbocycles. The van der Waals surface area contributed by atoms with Crippen LogP contribution < -0.4 is 0 Å². The Morgan fingerprint density at radius 2 is 1.43 bits per heavy atom. The standard InChI is InChI=1S/C25H25N3OS/c29-25(27-14-12-26(13-15-27)18-20-7-3-1-4-8-20)23-17-24-22(11-16-30-24)28(23)19-21-9-5-2-6-10-21/h1-11,16-17H,12-15,18-19H2. The second-order valence-electron chi connectivity index (χ2n) is 7.83. The number of rotatable bonds is 5. The van der Waals surface area contributed by atoms with E-state index in [-0.39, 0.29) is 5.91 Å². The van der Waals surface area contributed by atoms with Crippen LogP contribution in [0.1, 0.15) is 21.6 Å². The Balaban J connectivity index is 1.32. The van der Waals surface area contributed by atoms with Crippen molar-refractivity contribution in [3.05, 3.63) is 95.0 Å². The van der Waals surface area contributed by atoms with Gasteiger partial charge < -0.3 is 9.47 Å². The van der Waals surface area contributed by atoms with E-state index in [1.165, 1.54) is 15.8 Å². The second kappa shape index (κ2) is 8.46. The molecule has 3 heterocycles. The van der Waals surface area contributed by atoms with Crippen molar-refractivity contribution in [3.8, 4) is 0 Å². The molecule has 0 bridgehead atoms. The number of carbonyl (C=O) groups is 1. The molecule has 5 rings (SSSR count). The molecule has 1 amide bonds. The Hall–Kier alpha value is -2.89. The molecule has 0 N–H and O–H groups in total. The molecule has 0 aliphatic carbocycles. The maximum absolute atomic E-state index is 13.4. The summed E-state index contributed by atoms with van der Waals surface area (Å²) in [5, 5.41) is 2.10. The minimum atomic E-state index is 0.147. The third-order valence-corrected chi connectivity index (χ3v) is 6.69. The van der Waals surface area contributed by atoms with Gasteiger partial charge in [-0.3, -0.25) is 9.69 Å². The van der Waals surface area contributed by atoms with Crippen LogP contribution in [0, 0.1) is 0 Å². The Labute approximate surface area is 181 Å². The zero-order valence-electron chi connectivity index (χ0n) is 16.9. The van der Waals surface area contributed by atoms with Crippen LogP contribution in [-0.4, -0.2) is 46.5 Å². The lowest BCUT2D eigenvalue weighted by Gasteiger charge is -2.35. The third-order valence-electron chi connectivity index (χ3n) is 5.83. The van der Waals surface area contributed by atoms with Gasteiger partial charge in [-0.1, -0.05) is 60.7 Å². The van der Waals surface area contributed by atoms with Gasteiger partial charge in [-0.25, -0.2) is 0 Å². The number of hydrogen-bond acceptors (Lipinski definition) is 3. The maximum Gasteiger partial charge on any atom is 0.270 e. The molecule has 4 nitrogen and oxygen atoms in total. The van der Waals surface area contributed by atoms with Gasteiger partial charge >= 0.3 is 0 Å². The zero-order valence-corrected chi connectivity index (χ0v) is 17.7. The van der Waals surface area contributed by atoms with E-state index in [4.69, 9.17) is 0 Å². The predicted molar refractivity (Wildman–Crippen MR) is 123 cm³/mol. The number of hydrogen-bond donors (Lipinski definition) is 0. The fourth-order valence-electron chi connectivity index (χ4n) is 4.20. The second-order valence-corrected chi connectivity index (χ2v) is 8.77. The van der Waals surface area contributed by atoms with Gasteiger partial charge in [0.1, 0.15) is 5.69 Å². The fourth-order valence-corrected chi connectivity index (χ4v) is 5.03. The highest BCUT2D eigenvalue weighted by Crippen LogP contribution is 2.27.